The molecule has 0 bridgehead atoms. The molecule has 0 aromatic rings. The molecular formula is C14H23NO3S. The van der Waals surface area contributed by atoms with Crippen LogP contribution in [0.3, 0.4) is 0 Å². The minimum absolute atomic E-state index is 0.0344. The minimum atomic E-state index is -0.668. The minimum Gasteiger partial charge on any atom is -0.393 e. The third kappa shape index (κ3) is 4.66. The molecule has 0 aromatic carbocycles. The first-order valence-corrected chi connectivity index (χ1v) is 7.73. The number of hydrogen-bond acceptors (Lipinski definition) is 4. The standard InChI is InChI=1S/C14H23NO3S/c1-4-5-6-7-11(16)8-13(17)15-12(10(2)3)9-19-14(15)18/h4,10-12,16H,1,5-9H2,2-3H3/t11-,12+/m1/s1. The van der Waals surface area contributed by atoms with Gasteiger partial charge in [0.1, 0.15) is 0 Å². The van der Waals surface area contributed by atoms with Crippen molar-refractivity contribution < 1.29 is 14.7 Å². The predicted octanol–water partition coefficient (Wildman–Crippen LogP) is 2.81. The summed E-state index contributed by atoms with van der Waals surface area (Å²) in [5.74, 6) is 0.662. The van der Waals surface area contributed by atoms with Crippen molar-refractivity contribution in [1.29, 1.82) is 0 Å². The van der Waals surface area contributed by atoms with Crippen molar-refractivity contribution in [3.63, 3.8) is 0 Å². The van der Waals surface area contributed by atoms with Crippen LogP contribution in [0.15, 0.2) is 12.7 Å². The fourth-order valence-electron chi connectivity index (χ4n) is 2.11. The van der Waals surface area contributed by atoms with Gasteiger partial charge in [-0.2, -0.15) is 0 Å². The van der Waals surface area contributed by atoms with Gasteiger partial charge >= 0.3 is 0 Å². The third-order valence-corrected chi connectivity index (χ3v) is 4.25. The number of thioether (sulfide) groups is 1. The van der Waals surface area contributed by atoms with E-state index in [1.807, 2.05) is 13.8 Å². The number of aliphatic hydroxyl groups excluding tert-OH is 1. The zero-order chi connectivity index (χ0) is 14.4. The Morgan fingerprint density at radius 3 is 2.89 bits per heavy atom. The van der Waals surface area contributed by atoms with E-state index in [0.29, 0.717) is 12.2 Å². The number of carbonyl (C=O) groups excluding carboxylic acids is 2. The highest BCUT2D eigenvalue weighted by Crippen LogP contribution is 2.29. The van der Waals surface area contributed by atoms with E-state index in [1.165, 1.54) is 16.7 Å². The molecule has 0 radical (unpaired) electrons. The zero-order valence-corrected chi connectivity index (χ0v) is 12.5. The maximum absolute atomic E-state index is 12.1. The Morgan fingerprint density at radius 2 is 2.32 bits per heavy atom. The maximum Gasteiger partial charge on any atom is 0.288 e. The van der Waals surface area contributed by atoms with Crippen LogP contribution in [0.25, 0.3) is 0 Å². The predicted molar refractivity (Wildman–Crippen MR) is 78.0 cm³/mol. The Balaban J connectivity index is 2.51. The van der Waals surface area contributed by atoms with Gasteiger partial charge in [-0.05, 0) is 25.2 Å². The average Bonchev–Trinajstić information content (AvgIpc) is 2.71. The van der Waals surface area contributed by atoms with Crippen LogP contribution in [-0.4, -0.2) is 39.1 Å². The molecule has 4 nitrogen and oxygen atoms in total. The Kier molecular flexibility index (Phi) is 6.58. The second-order valence-electron chi connectivity index (χ2n) is 5.23. The molecule has 1 N–H and O–H groups in total. The van der Waals surface area contributed by atoms with Crippen molar-refractivity contribution in [2.24, 2.45) is 5.92 Å². The summed E-state index contributed by atoms with van der Waals surface area (Å²) in [4.78, 5) is 25.2. The lowest BCUT2D eigenvalue weighted by Crippen LogP contribution is -2.42. The molecular weight excluding hydrogens is 262 g/mol. The van der Waals surface area contributed by atoms with Crippen molar-refractivity contribution in [1.82, 2.24) is 4.90 Å². The quantitative estimate of drug-likeness (QED) is 0.577. The summed E-state index contributed by atoms with van der Waals surface area (Å²) in [6.07, 6.45) is 3.38. The SMILES string of the molecule is C=CCCC[C@@H](O)CC(=O)N1C(=O)SC[C@H]1C(C)C. The van der Waals surface area contributed by atoms with E-state index in [9.17, 15) is 14.7 Å². The monoisotopic (exact) mass is 285 g/mol. The molecule has 0 saturated carbocycles. The molecule has 0 aromatic heterocycles. The number of unbranched alkanes of at least 4 members (excludes halogenated alkanes) is 1. The van der Waals surface area contributed by atoms with Gasteiger partial charge in [-0.3, -0.25) is 14.5 Å². The summed E-state index contributed by atoms with van der Waals surface area (Å²) in [7, 11) is 0. The highest BCUT2D eigenvalue weighted by atomic mass is 32.2. The molecule has 2 amide bonds. The molecule has 0 unspecified atom stereocenters. The highest BCUT2D eigenvalue weighted by Gasteiger charge is 2.38. The first kappa shape index (κ1) is 16.2. The molecule has 108 valence electrons. The van der Waals surface area contributed by atoms with Gasteiger partial charge in [0, 0.05) is 5.75 Å². The number of amides is 2. The van der Waals surface area contributed by atoms with Gasteiger partial charge in [0.2, 0.25) is 5.91 Å². The van der Waals surface area contributed by atoms with Crippen molar-refractivity contribution in [3.05, 3.63) is 12.7 Å². The molecule has 2 atom stereocenters. The normalized spacial score (nSPS) is 20.9. The highest BCUT2D eigenvalue weighted by molar-refractivity contribution is 8.14. The van der Waals surface area contributed by atoms with Crippen LogP contribution in [0.1, 0.15) is 39.5 Å². The van der Waals surface area contributed by atoms with Crippen molar-refractivity contribution in [2.45, 2.75) is 51.7 Å². The lowest BCUT2D eigenvalue weighted by Gasteiger charge is -2.25. The van der Waals surface area contributed by atoms with Crippen molar-refractivity contribution >= 4 is 22.9 Å². The molecule has 1 aliphatic rings. The van der Waals surface area contributed by atoms with E-state index in [1.54, 1.807) is 6.08 Å². The number of hydrogen-bond donors (Lipinski definition) is 1. The van der Waals surface area contributed by atoms with Crippen LogP contribution in [-0.2, 0) is 4.79 Å². The van der Waals surface area contributed by atoms with Crippen LogP contribution in [0.2, 0.25) is 0 Å². The van der Waals surface area contributed by atoms with E-state index in [2.05, 4.69) is 6.58 Å². The van der Waals surface area contributed by atoms with Crippen LogP contribution < -0.4 is 0 Å². The molecule has 0 spiro atoms. The second kappa shape index (κ2) is 7.70. The molecule has 1 aliphatic heterocycles. The van der Waals surface area contributed by atoms with E-state index >= 15 is 0 Å². The maximum atomic E-state index is 12.1. The molecule has 5 heteroatoms. The van der Waals surface area contributed by atoms with Crippen LogP contribution in [0, 0.1) is 5.92 Å². The van der Waals surface area contributed by atoms with E-state index in [-0.39, 0.29) is 29.5 Å². The Morgan fingerprint density at radius 1 is 1.63 bits per heavy atom. The number of aliphatic hydroxyl groups is 1. The number of allylic oxidation sites excluding steroid dienone is 1. The van der Waals surface area contributed by atoms with Gasteiger partial charge in [0.05, 0.1) is 18.6 Å². The fraction of sp³-hybridized carbons (Fsp3) is 0.714. The Hall–Kier alpha value is -0.810. The van der Waals surface area contributed by atoms with E-state index < -0.39 is 6.10 Å². The lowest BCUT2D eigenvalue weighted by molar-refractivity contribution is -0.131. The topological polar surface area (TPSA) is 57.6 Å². The van der Waals surface area contributed by atoms with Gasteiger partial charge in [-0.1, -0.05) is 31.7 Å². The first-order chi connectivity index (χ1) is 8.97. The summed E-state index contributed by atoms with van der Waals surface area (Å²) in [6.45, 7) is 7.63. The summed E-state index contributed by atoms with van der Waals surface area (Å²) < 4.78 is 0. The van der Waals surface area contributed by atoms with Gasteiger partial charge in [0.25, 0.3) is 5.24 Å². The Labute approximate surface area is 119 Å². The van der Waals surface area contributed by atoms with Crippen LogP contribution in [0.4, 0.5) is 4.79 Å². The number of nitrogens with zero attached hydrogens (tertiary/aromatic N) is 1. The second-order valence-corrected chi connectivity index (χ2v) is 6.20. The van der Waals surface area contributed by atoms with Gasteiger partial charge in [-0.25, -0.2) is 0 Å². The van der Waals surface area contributed by atoms with Gasteiger partial charge in [0.15, 0.2) is 0 Å². The average molecular weight is 285 g/mol. The van der Waals surface area contributed by atoms with Crippen molar-refractivity contribution in [3.8, 4) is 0 Å². The molecule has 1 heterocycles. The fourth-order valence-corrected chi connectivity index (χ4v) is 3.34. The summed E-state index contributed by atoms with van der Waals surface area (Å²) >= 11 is 1.19. The summed E-state index contributed by atoms with van der Waals surface area (Å²) in [5.41, 5.74) is 0. The molecule has 19 heavy (non-hydrogen) atoms. The zero-order valence-electron chi connectivity index (χ0n) is 11.7. The molecule has 1 saturated heterocycles. The smallest absolute Gasteiger partial charge is 0.288 e. The van der Waals surface area contributed by atoms with Crippen LogP contribution >= 0.6 is 11.8 Å². The number of rotatable bonds is 7. The lowest BCUT2D eigenvalue weighted by atomic mass is 10.0. The number of carbonyl (C=O) groups is 2. The third-order valence-electron chi connectivity index (χ3n) is 3.30. The van der Waals surface area contributed by atoms with Gasteiger partial charge < -0.3 is 5.11 Å². The molecule has 1 rings (SSSR count). The Bertz CT molecular complexity index is 344. The van der Waals surface area contributed by atoms with Crippen LogP contribution in [0.5, 0.6) is 0 Å². The molecule has 0 aliphatic carbocycles. The van der Waals surface area contributed by atoms with E-state index in [4.69, 9.17) is 0 Å². The summed E-state index contributed by atoms with van der Waals surface area (Å²) in [5, 5.41) is 9.64. The van der Waals surface area contributed by atoms with E-state index in [0.717, 1.165) is 12.8 Å². The summed E-state index contributed by atoms with van der Waals surface area (Å²) in [6, 6.07) is -0.0367. The van der Waals surface area contributed by atoms with Crippen molar-refractivity contribution in [2.75, 3.05) is 5.75 Å². The number of imide groups is 1. The largest absolute Gasteiger partial charge is 0.393 e. The van der Waals surface area contributed by atoms with Gasteiger partial charge in [-0.15, -0.1) is 6.58 Å². The molecule has 1 fully saturated rings. The first-order valence-electron chi connectivity index (χ1n) is 6.75.